The van der Waals surface area contributed by atoms with Gasteiger partial charge in [0.15, 0.2) is 0 Å². The Morgan fingerprint density at radius 2 is 1.80 bits per heavy atom. The Morgan fingerprint density at radius 3 is 2.46 bits per heavy atom. The molecule has 0 spiro atoms. The third-order valence-corrected chi connectivity index (χ3v) is 6.17. The Hall–Kier alpha value is -3.49. The van der Waals surface area contributed by atoms with Gasteiger partial charge in [0.25, 0.3) is 5.91 Å². The van der Waals surface area contributed by atoms with Gasteiger partial charge in [-0.1, -0.05) is 38.1 Å². The van der Waals surface area contributed by atoms with Crippen LogP contribution < -0.4 is 5.32 Å². The number of carbonyl (C=O) groups is 1. The maximum atomic E-state index is 12.9. The smallest absolute Gasteiger partial charge is 0.270 e. The molecule has 1 aromatic heterocycles. The second kappa shape index (κ2) is 10.8. The molecule has 0 bridgehead atoms. The van der Waals surface area contributed by atoms with E-state index in [4.69, 9.17) is 4.74 Å². The average Bonchev–Trinajstić information content (AvgIpc) is 2.85. The van der Waals surface area contributed by atoms with Crippen LogP contribution in [0.5, 0.6) is 11.5 Å². The standard InChI is InChI=1S/C27H32N4O4/c1-4-28-27(34)26-24(19-7-5-18(6-8-19)15-31-9-11-35-12-10-31)25(29-16-30-26)21-13-20(17(2)3)22(32)14-23(21)33/h5-8,13-14,16-17,32-33H,4,9-12,15H2,1-3H3,(H,28,34). The average molecular weight is 477 g/mol. The third-order valence-electron chi connectivity index (χ3n) is 6.17. The molecule has 0 unspecified atom stereocenters. The van der Waals surface area contributed by atoms with Gasteiger partial charge in [-0.25, -0.2) is 9.97 Å². The summed E-state index contributed by atoms with van der Waals surface area (Å²) in [6.07, 6.45) is 1.33. The molecule has 0 saturated carbocycles. The number of rotatable bonds is 7. The Bertz CT molecular complexity index is 1190. The van der Waals surface area contributed by atoms with Gasteiger partial charge in [0.2, 0.25) is 0 Å². The molecule has 1 saturated heterocycles. The van der Waals surface area contributed by atoms with Crippen molar-refractivity contribution in [3.63, 3.8) is 0 Å². The van der Waals surface area contributed by atoms with E-state index in [1.807, 2.05) is 45.0 Å². The van der Waals surface area contributed by atoms with Crippen LogP contribution >= 0.6 is 0 Å². The number of morpholine rings is 1. The summed E-state index contributed by atoms with van der Waals surface area (Å²) in [5.41, 5.74) is 4.24. The van der Waals surface area contributed by atoms with Crippen LogP contribution in [0.25, 0.3) is 22.4 Å². The second-order valence-electron chi connectivity index (χ2n) is 8.97. The van der Waals surface area contributed by atoms with Crippen molar-refractivity contribution in [2.24, 2.45) is 0 Å². The van der Waals surface area contributed by atoms with E-state index in [2.05, 4.69) is 20.2 Å². The monoisotopic (exact) mass is 476 g/mol. The van der Waals surface area contributed by atoms with E-state index in [0.717, 1.165) is 44.0 Å². The molecule has 0 radical (unpaired) electrons. The van der Waals surface area contributed by atoms with Crippen molar-refractivity contribution in [3.8, 4) is 33.9 Å². The first-order chi connectivity index (χ1) is 16.9. The summed E-state index contributed by atoms with van der Waals surface area (Å²) in [7, 11) is 0. The van der Waals surface area contributed by atoms with E-state index >= 15 is 0 Å². The number of ether oxygens (including phenoxy) is 1. The summed E-state index contributed by atoms with van der Waals surface area (Å²) in [5, 5.41) is 23.9. The minimum absolute atomic E-state index is 0.0215. The molecule has 1 aliphatic heterocycles. The van der Waals surface area contributed by atoms with Gasteiger partial charge >= 0.3 is 0 Å². The molecule has 184 valence electrons. The van der Waals surface area contributed by atoms with E-state index in [1.165, 1.54) is 12.4 Å². The highest BCUT2D eigenvalue weighted by Crippen LogP contribution is 2.41. The number of nitrogens with one attached hydrogen (secondary N) is 1. The Kier molecular flexibility index (Phi) is 7.63. The molecule has 8 heteroatoms. The molecule has 4 rings (SSSR count). The summed E-state index contributed by atoms with van der Waals surface area (Å²) in [6, 6.07) is 11.1. The predicted octanol–water partition coefficient (Wildman–Crippen LogP) is 3.93. The first kappa shape index (κ1) is 24.6. The predicted molar refractivity (Wildman–Crippen MR) is 134 cm³/mol. The van der Waals surface area contributed by atoms with Gasteiger partial charge in [-0.05, 0) is 35.6 Å². The van der Waals surface area contributed by atoms with Crippen LogP contribution in [0.2, 0.25) is 0 Å². The van der Waals surface area contributed by atoms with E-state index < -0.39 is 0 Å². The number of aromatic hydroxyl groups is 2. The number of phenols is 2. The zero-order valence-electron chi connectivity index (χ0n) is 20.4. The molecule has 35 heavy (non-hydrogen) atoms. The van der Waals surface area contributed by atoms with Crippen molar-refractivity contribution < 1.29 is 19.7 Å². The quantitative estimate of drug-likeness (QED) is 0.474. The van der Waals surface area contributed by atoms with Crippen LogP contribution in [0.1, 0.15) is 48.3 Å². The maximum Gasteiger partial charge on any atom is 0.270 e. The molecule has 3 N–H and O–H groups in total. The van der Waals surface area contributed by atoms with Crippen molar-refractivity contribution >= 4 is 5.91 Å². The molecule has 1 amide bonds. The van der Waals surface area contributed by atoms with Crippen LogP contribution in [0.3, 0.4) is 0 Å². The van der Waals surface area contributed by atoms with Crippen molar-refractivity contribution in [1.29, 1.82) is 0 Å². The normalized spacial score (nSPS) is 14.3. The van der Waals surface area contributed by atoms with Gasteiger partial charge in [0.1, 0.15) is 23.5 Å². The lowest BCUT2D eigenvalue weighted by Gasteiger charge is -2.26. The van der Waals surface area contributed by atoms with Gasteiger partial charge in [-0.2, -0.15) is 0 Å². The molecule has 1 aliphatic rings. The number of amides is 1. The lowest BCUT2D eigenvalue weighted by Crippen LogP contribution is -2.35. The number of hydrogen-bond acceptors (Lipinski definition) is 7. The van der Waals surface area contributed by atoms with Gasteiger partial charge in [0, 0.05) is 43.4 Å². The lowest BCUT2D eigenvalue weighted by atomic mass is 9.92. The summed E-state index contributed by atoms with van der Waals surface area (Å²) in [5.74, 6) is -0.376. The number of carbonyl (C=O) groups excluding carboxylic acids is 1. The number of aromatic nitrogens is 2. The van der Waals surface area contributed by atoms with Crippen LogP contribution in [0, 0.1) is 0 Å². The topological polar surface area (TPSA) is 108 Å². The van der Waals surface area contributed by atoms with Crippen molar-refractivity contribution in [2.45, 2.75) is 33.2 Å². The fourth-order valence-electron chi connectivity index (χ4n) is 4.32. The SMILES string of the molecule is CCNC(=O)c1ncnc(-c2cc(C(C)C)c(O)cc2O)c1-c1ccc(CN2CCOCC2)cc1. The number of nitrogens with zero attached hydrogens (tertiary/aromatic N) is 3. The minimum atomic E-state index is -0.314. The zero-order chi connectivity index (χ0) is 24.9. The van der Waals surface area contributed by atoms with Crippen molar-refractivity contribution in [1.82, 2.24) is 20.2 Å². The number of benzene rings is 2. The molecule has 3 aromatic rings. The largest absolute Gasteiger partial charge is 0.508 e. The van der Waals surface area contributed by atoms with Crippen molar-refractivity contribution in [2.75, 3.05) is 32.8 Å². The summed E-state index contributed by atoms with van der Waals surface area (Å²) in [6.45, 7) is 10.3. The Balaban J connectivity index is 1.81. The summed E-state index contributed by atoms with van der Waals surface area (Å²) < 4.78 is 5.44. The highest BCUT2D eigenvalue weighted by Gasteiger charge is 2.23. The Labute approximate surface area is 205 Å². The van der Waals surface area contributed by atoms with Gasteiger partial charge < -0.3 is 20.3 Å². The molecular weight excluding hydrogens is 444 g/mol. The van der Waals surface area contributed by atoms with Crippen LogP contribution in [-0.4, -0.2) is 63.8 Å². The molecule has 1 fully saturated rings. The maximum absolute atomic E-state index is 12.9. The lowest BCUT2D eigenvalue weighted by molar-refractivity contribution is 0.0342. The molecule has 2 heterocycles. The van der Waals surface area contributed by atoms with E-state index in [0.29, 0.717) is 28.9 Å². The van der Waals surface area contributed by atoms with E-state index in [9.17, 15) is 15.0 Å². The van der Waals surface area contributed by atoms with Crippen LogP contribution in [-0.2, 0) is 11.3 Å². The molecule has 8 nitrogen and oxygen atoms in total. The summed E-state index contributed by atoms with van der Waals surface area (Å²) in [4.78, 5) is 24.1. The van der Waals surface area contributed by atoms with Gasteiger partial charge in [-0.15, -0.1) is 0 Å². The molecule has 0 atom stereocenters. The number of hydrogen-bond donors (Lipinski definition) is 3. The van der Waals surface area contributed by atoms with E-state index in [-0.39, 0.29) is 29.0 Å². The van der Waals surface area contributed by atoms with Gasteiger partial charge in [0.05, 0.1) is 18.9 Å². The fraction of sp³-hybridized carbons (Fsp3) is 0.370. The van der Waals surface area contributed by atoms with Gasteiger partial charge in [-0.3, -0.25) is 9.69 Å². The van der Waals surface area contributed by atoms with Crippen LogP contribution in [0.15, 0.2) is 42.7 Å². The fourth-order valence-corrected chi connectivity index (χ4v) is 4.32. The first-order valence-electron chi connectivity index (χ1n) is 12.0. The highest BCUT2D eigenvalue weighted by atomic mass is 16.5. The first-order valence-corrected chi connectivity index (χ1v) is 12.0. The molecular formula is C27H32N4O4. The van der Waals surface area contributed by atoms with Crippen molar-refractivity contribution in [3.05, 3.63) is 59.5 Å². The minimum Gasteiger partial charge on any atom is -0.508 e. The highest BCUT2D eigenvalue weighted by molar-refractivity contribution is 6.02. The summed E-state index contributed by atoms with van der Waals surface area (Å²) >= 11 is 0. The third kappa shape index (κ3) is 5.44. The Morgan fingerprint density at radius 1 is 1.09 bits per heavy atom. The van der Waals surface area contributed by atoms with E-state index in [1.54, 1.807) is 6.07 Å². The zero-order valence-corrected chi connectivity index (χ0v) is 20.4. The van der Waals surface area contributed by atoms with Crippen LogP contribution in [0.4, 0.5) is 0 Å². The number of phenolic OH excluding ortho intramolecular Hbond substituents is 2. The molecule has 2 aromatic carbocycles. The second-order valence-corrected chi connectivity index (χ2v) is 8.97. The molecule has 0 aliphatic carbocycles.